The van der Waals surface area contributed by atoms with E-state index in [1.54, 1.807) is 37.3 Å². The zero-order valence-corrected chi connectivity index (χ0v) is 28.8. The Labute approximate surface area is 298 Å². The summed E-state index contributed by atoms with van der Waals surface area (Å²) in [4.78, 5) is 41.1. The molecule has 9 heteroatoms. The number of carbonyl (C=O) groups excluding carboxylic acids is 3. The van der Waals surface area contributed by atoms with Gasteiger partial charge in [0.05, 0.1) is 26.4 Å². The highest BCUT2D eigenvalue weighted by Gasteiger charge is 2.32. The summed E-state index contributed by atoms with van der Waals surface area (Å²) in [5.41, 5.74) is 7.82. The Balaban J connectivity index is 0.999. The number of allylic oxidation sites excluding steroid dienone is 1. The van der Waals surface area contributed by atoms with Crippen LogP contribution in [0, 0.1) is 11.8 Å². The van der Waals surface area contributed by atoms with Crippen LogP contribution in [0.4, 0.5) is 4.79 Å². The van der Waals surface area contributed by atoms with Gasteiger partial charge in [-0.3, -0.25) is 9.69 Å². The fourth-order valence-corrected chi connectivity index (χ4v) is 6.37. The lowest BCUT2D eigenvalue weighted by Gasteiger charge is -2.26. The van der Waals surface area contributed by atoms with E-state index in [1.807, 2.05) is 54.6 Å². The number of amides is 2. The Morgan fingerprint density at radius 3 is 2.18 bits per heavy atom. The maximum Gasteiger partial charge on any atom is 0.407 e. The third-order valence-electron chi connectivity index (χ3n) is 9.14. The summed E-state index contributed by atoms with van der Waals surface area (Å²) in [5, 5.41) is 5.38. The standard InChI is InChI=1S/C42H41N3O6/c1-29(43-42(48)51-28-38-36-13-7-5-11-34(36)35-12-6-8-14-37(35)38)39(41(47)49-2)44-40(46)33-21-19-31(20-22-33)10-4-3-9-30-15-17-32(18-16-30)27-45-23-25-50-26-24-45/h4-8,10-22,29,38-39H,23-28H2,1-2H3,(H,43,48)(H,44,46)/t29-,39+/m1/s1. The van der Waals surface area contributed by atoms with Crippen LogP contribution in [-0.2, 0) is 25.5 Å². The molecule has 2 aliphatic rings. The van der Waals surface area contributed by atoms with Crippen LogP contribution in [0.2, 0.25) is 0 Å². The van der Waals surface area contributed by atoms with E-state index < -0.39 is 30.1 Å². The highest BCUT2D eigenvalue weighted by molar-refractivity contribution is 5.97. The first-order valence-corrected chi connectivity index (χ1v) is 17.1. The van der Waals surface area contributed by atoms with E-state index >= 15 is 0 Å². The van der Waals surface area contributed by atoms with Crippen molar-refractivity contribution >= 4 is 24.0 Å². The Morgan fingerprint density at radius 2 is 1.53 bits per heavy atom. The minimum absolute atomic E-state index is 0.109. The molecule has 2 amide bonds. The number of fused-ring (bicyclic) bond motifs is 3. The summed E-state index contributed by atoms with van der Waals surface area (Å²) in [5.74, 6) is 4.92. The van der Waals surface area contributed by atoms with Gasteiger partial charge in [-0.15, -0.1) is 0 Å². The maximum absolute atomic E-state index is 13.2. The summed E-state index contributed by atoms with van der Waals surface area (Å²) < 4.78 is 16.0. The lowest BCUT2D eigenvalue weighted by molar-refractivity contribution is -0.143. The van der Waals surface area contributed by atoms with Gasteiger partial charge >= 0.3 is 12.1 Å². The summed E-state index contributed by atoms with van der Waals surface area (Å²) in [6.45, 7) is 6.11. The molecule has 1 heterocycles. The topological polar surface area (TPSA) is 106 Å². The molecular weight excluding hydrogens is 642 g/mol. The predicted octanol–water partition coefficient (Wildman–Crippen LogP) is 5.78. The van der Waals surface area contributed by atoms with Crippen LogP contribution in [0.3, 0.4) is 0 Å². The average molecular weight is 684 g/mol. The minimum Gasteiger partial charge on any atom is -0.467 e. The molecule has 1 aliphatic heterocycles. The third kappa shape index (κ3) is 8.92. The number of ether oxygens (including phenoxy) is 3. The molecule has 0 spiro atoms. The summed E-state index contributed by atoms with van der Waals surface area (Å²) >= 11 is 0. The molecule has 4 aromatic rings. The number of nitrogens with zero attached hydrogens (tertiary/aromatic N) is 1. The van der Waals surface area contributed by atoms with Crippen LogP contribution in [0.25, 0.3) is 17.2 Å². The van der Waals surface area contributed by atoms with E-state index in [1.165, 1.54) is 12.7 Å². The van der Waals surface area contributed by atoms with Crippen molar-refractivity contribution in [1.82, 2.24) is 15.5 Å². The quantitative estimate of drug-likeness (QED) is 0.161. The molecule has 51 heavy (non-hydrogen) atoms. The van der Waals surface area contributed by atoms with Gasteiger partial charge < -0.3 is 24.8 Å². The number of esters is 1. The molecule has 260 valence electrons. The molecule has 1 fully saturated rings. The average Bonchev–Trinajstić information content (AvgIpc) is 3.49. The number of hydrogen-bond donors (Lipinski definition) is 2. The van der Waals surface area contributed by atoms with Gasteiger partial charge in [-0.1, -0.05) is 84.6 Å². The molecule has 0 bridgehead atoms. The second kappa shape index (κ2) is 16.8. The van der Waals surface area contributed by atoms with E-state index in [9.17, 15) is 14.4 Å². The number of hydrogen-bond acceptors (Lipinski definition) is 7. The van der Waals surface area contributed by atoms with Crippen molar-refractivity contribution in [1.29, 1.82) is 0 Å². The highest BCUT2D eigenvalue weighted by atomic mass is 16.5. The maximum atomic E-state index is 13.2. The van der Waals surface area contributed by atoms with E-state index in [-0.39, 0.29) is 12.5 Å². The normalized spacial score (nSPS) is 15.1. The Hall–Kier alpha value is -5.69. The molecule has 1 saturated heterocycles. The van der Waals surface area contributed by atoms with Crippen LogP contribution >= 0.6 is 0 Å². The number of alkyl carbamates (subject to hydrolysis) is 1. The molecule has 9 nitrogen and oxygen atoms in total. The monoisotopic (exact) mass is 683 g/mol. The van der Waals surface area contributed by atoms with Crippen LogP contribution in [0.5, 0.6) is 0 Å². The molecule has 0 saturated carbocycles. The second-order valence-corrected chi connectivity index (χ2v) is 12.5. The first-order valence-electron chi connectivity index (χ1n) is 17.1. The minimum atomic E-state index is -1.15. The molecule has 0 radical (unpaired) electrons. The van der Waals surface area contributed by atoms with Crippen LogP contribution in [0.1, 0.15) is 51.0 Å². The van der Waals surface area contributed by atoms with E-state index in [0.29, 0.717) is 5.56 Å². The van der Waals surface area contributed by atoms with Crippen molar-refractivity contribution in [3.05, 3.63) is 137 Å². The number of morpholine rings is 1. The molecule has 1 aliphatic carbocycles. The summed E-state index contributed by atoms with van der Waals surface area (Å²) in [7, 11) is 1.23. The number of methoxy groups -OCH3 is 1. The second-order valence-electron chi connectivity index (χ2n) is 12.5. The number of benzene rings is 4. The molecular formula is C42H41N3O6. The van der Waals surface area contributed by atoms with Crippen molar-refractivity contribution in [2.75, 3.05) is 40.0 Å². The van der Waals surface area contributed by atoms with Crippen molar-refractivity contribution in [3.63, 3.8) is 0 Å². The van der Waals surface area contributed by atoms with Gasteiger partial charge in [-0.2, -0.15) is 0 Å². The van der Waals surface area contributed by atoms with Crippen LogP contribution < -0.4 is 10.6 Å². The van der Waals surface area contributed by atoms with Crippen molar-refractivity contribution < 1.29 is 28.6 Å². The first kappa shape index (κ1) is 35.1. The molecule has 2 atom stereocenters. The Morgan fingerprint density at radius 1 is 0.882 bits per heavy atom. The fraction of sp³-hybridized carbons (Fsp3) is 0.262. The molecule has 4 aromatic carbocycles. The van der Waals surface area contributed by atoms with Crippen LogP contribution in [0.15, 0.2) is 103 Å². The number of nitrogens with one attached hydrogen (secondary N) is 2. The fourth-order valence-electron chi connectivity index (χ4n) is 6.37. The highest BCUT2D eigenvalue weighted by Crippen LogP contribution is 2.44. The van der Waals surface area contributed by atoms with Crippen molar-refractivity contribution in [2.24, 2.45) is 0 Å². The largest absolute Gasteiger partial charge is 0.467 e. The van der Waals surface area contributed by atoms with E-state index in [2.05, 4.69) is 51.6 Å². The lowest BCUT2D eigenvalue weighted by atomic mass is 9.98. The van der Waals surface area contributed by atoms with Crippen molar-refractivity contribution in [3.8, 4) is 23.0 Å². The molecule has 0 aromatic heterocycles. The van der Waals surface area contributed by atoms with Gasteiger partial charge in [0.2, 0.25) is 0 Å². The third-order valence-corrected chi connectivity index (χ3v) is 9.14. The van der Waals surface area contributed by atoms with Gasteiger partial charge in [0, 0.05) is 36.7 Å². The smallest absolute Gasteiger partial charge is 0.407 e. The van der Waals surface area contributed by atoms with Gasteiger partial charge in [0.1, 0.15) is 12.6 Å². The van der Waals surface area contributed by atoms with Gasteiger partial charge in [-0.25, -0.2) is 9.59 Å². The van der Waals surface area contributed by atoms with Gasteiger partial charge in [0.25, 0.3) is 5.91 Å². The summed E-state index contributed by atoms with van der Waals surface area (Å²) in [6, 6.07) is 29.3. The number of carbonyl (C=O) groups is 3. The predicted molar refractivity (Wildman–Crippen MR) is 196 cm³/mol. The zero-order valence-electron chi connectivity index (χ0n) is 28.8. The van der Waals surface area contributed by atoms with E-state index in [0.717, 1.165) is 66.2 Å². The lowest BCUT2D eigenvalue weighted by Crippen LogP contribution is -2.54. The molecule has 2 N–H and O–H groups in total. The van der Waals surface area contributed by atoms with Gasteiger partial charge in [0.15, 0.2) is 0 Å². The number of rotatable bonds is 10. The molecule has 6 rings (SSSR count). The SMILES string of the molecule is COC(=O)[C@@H](NC(=O)c1ccc(C=CC#Cc2ccc(CN3CCOCC3)cc2)cc1)[C@@H](C)NC(=O)OCC1c2ccccc2-c2ccccc21. The van der Waals surface area contributed by atoms with Gasteiger partial charge in [-0.05, 0) is 76.7 Å². The first-order chi connectivity index (χ1) is 24.9. The molecule has 0 unspecified atom stereocenters. The van der Waals surface area contributed by atoms with Crippen LogP contribution in [-0.4, -0.2) is 75.0 Å². The van der Waals surface area contributed by atoms with Crippen molar-refractivity contribution in [2.45, 2.75) is 31.5 Å². The zero-order chi connectivity index (χ0) is 35.6. The Kier molecular flexibility index (Phi) is 11.6. The Bertz CT molecular complexity index is 1890. The van der Waals surface area contributed by atoms with E-state index in [4.69, 9.17) is 14.2 Å². The summed E-state index contributed by atoms with van der Waals surface area (Å²) in [6.07, 6.45) is 2.92.